The second-order valence-electron chi connectivity index (χ2n) is 4.27. The molecule has 6 heteroatoms. The Morgan fingerprint density at radius 1 is 1.33 bits per heavy atom. The first kappa shape index (κ1) is 14.8. The topological polar surface area (TPSA) is 76.1 Å². The van der Waals surface area contributed by atoms with E-state index in [0.29, 0.717) is 10.6 Å². The maximum Gasteiger partial charge on any atom is 0.340 e. The molecule has 4 nitrogen and oxygen atoms in total. The highest BCUT2D eigenvalue weighted by atomic mass is 35.5. The van der Waals surface area contributed by atoms with Crippen LogP contribution in [-0.2, 0) is 11.3 Å². The number of hydrogen-bond acceptors (Lipinski definition) is 4. The van der Waals surface area contributed by atoms with Crippen LogP contribution in [0.15, 0.2) is 36.4 Å². The molecule has 0 bridgehead atoms. The standard InChI is InChI=1S/C15H10ClFN2O2/c16-11-1-2-14(19)13(6-11)15(20)21-8-10-3-9(7-18)4-12(17)5-10/h1-6H,8,19H2. The van der Waals surface area contributed by atoms with Gasteiger partial charge in [-0.1, -0.05) is 11.6 Å². The number of ether oxygens (including phenoxy) is 1. The van der Waals surface area contributed by atoms with Gasteiger partial charge in [-0.3, -0.25) is 0 Å². The molecule has 0 saturated heterocycles. The molecule has 2 aromatic rings. The summed E-state index contributed by atoms with van der Waals surface area (Å²) >= 11 is 5.79. The quantitative estimate of drug-likeness (QED) is 0.697. The largest absolute Gasteiger partial charge is 0.457 e. The number of nitrogens with zero attached hydrogens (tertiary/aromatic N) is 1. The molecule has 0 aromatic heterocycles. The average molecular weight is 305 g/mol. The van der Waals surface area contributed by atoms with E-state index in [1.807, 2.05) is 6.07 Å². The van der Waals surface area contributed by atoms with Crippen molar-refractivity contribution in [3.8, 4) is 6.07 Å². The van der Waals surface area contributed by atoms with E-state index < -0.39 is 11.8 Å². The molecule has 0 fully saturated rings. The third-order valence-electron chi connectivity index (χ3n) is 2.69. The van der Waals surface area contributed by atoms with Crippen LogP contribution in [0.4, 0.5) is 10.1 Å². The number of esters is 1. The lowest BCUT2D eigenvalue weighted by atomic mass is 10.1. The molecule has 0 aliphatic heterocycles. The Balaban J connectivity index is 2.13. The van der Waals surface area contributed by atoms with Crippen molar-refractivity contribution in [3.05, 3.63) is 63.9 Å². The number of benzene rings is 2. The Morgan fingerprint density at radius 3 is 2.81 bits per heavy atom. The van der Waals surface area contributed by atoms with Crippen LogP contribution >= 0.6 is 11.6 Å². The Kier molecular flexibility index (Phi) is 4.41. The van der Waals surface area contributed by atoms with Crippen LogP contribution in [0.1, 0.15) is 21.5 Å². The van der Waals surface area contributed by atoms with Crippen LogP contribution in [0.25, 0.3) is 0 Å². The molecule has 2 aromatic carbocycles. The number of carbonyl (C=O) groups is 1. The normalized spacial score (nSPS) is 9.95. The molecule has 0 saturated carbocycles. The monoisotopic (exact) mass is 304 g/mol. The van der Waals surface area contributed by atoms with Gasteiger partial charge in [-0.25, -0.2) is 9.18 Å². The van der Waals surface area contributed by atoms with E-state index in [1.165, 1.54) is 24.3 Å². The van der Waals surface area contributed by atoms with Crippen LogP contribution in [0.5, 0.6) is 0 Å². The molecule has 0 unspecified atom stereocenters. The Hall–Kier alpha value is -2.58. The second kappa shape index (κ2) is 6.25. The molecule has 106 valence electrons. The van der Waals surface area contributed by atoms with Gasteiger partial charge < -0.3 is 10.5 Å². The third kappa shape index (κ3) is 3.71. The van der Waals surface area contributed by atoms with Gasteiger partial charge in [0.2, 0.25) is 0 Å². The summed E-state index contributed by atoms with van der Waals surface area (Å²) in [6, 6.07) is 10.0. The molecule has 0 atom stereocenters. The highest BCUT2D eigenvalue weighted by Crippen LogP contribution is 2.19. The fraction of sp³-hybridized carbons (Fsp3) is 0.0667. The van der Waals surface area contributed by atoms with Crippen LogP contribution in [-0.4, -0.2) is 5.97 Å². The Labute approximate surface area is 125 Å². The maximum absolute atomic E-state index is 13.3. The zero-order chi connectivity index (χ0) is 15.4. The number of nitriles is 1. The van der Waals surface area contributed by atoms with Gasteiger partial charge in [-0.05, 0) is 42.0 Å². The van der Waals surface area contributed by atoms with Crippen molar-refractivity contribution in [1.29, 1.82) is 5.26 Å². The molecule has 2 N–H and O–H groups in total. The summed E-state index contributed by atoms with van der Waals surface area (Å²) in [5, 5.41) is 9.11. The van der Waals surface area contributed by atoms with Crippen molar-refractivity contribution in [2.24, 2.45) is 0 Å². The van der Waals surface area contributed by atoms with Gasteiger partial charge in [0.05, 0.1) is 17.2 Å². The molecule has 0 spiro atoms. The Bertz CT molecular complexity index is 741. The van der Waals surface area contributed by atoms with E-state index in [4.69, 9.17) is 27.3 Å². The molecule has 0 aliphatic carbocycles. The van der Waals surface area contributed by atoms with Gasteiger partial charge in [0, 0.05) is 10.7 Å². The molecule has 0 heterocycles. The lowest BCUT2D eigenvalue weighted by molar-refractivity contribution is 0.0473. The van der Waals surface area contributed by atoms with E-state index in [-0.39, 0.29) is 23.4 Å². The number of nitrogen functional groups attached to an aromatic ring is 1. The van der Waals surface area contributed by atoms with Gasteiger partial charge in [0.1, 0.15) is 12.4 Å². The fourth-order valence-electron chi connectivity index (χ4n) is 1.73. The summed E-state index contributed by atoms with van der Waals surface area (Å²) < 4.78 is 18.3. The summed E-state index contributed by atoms with van der Waals surface area (Å²) in [4.78, 5) is 11.9. The number of hydrogen-bond donors (Lipinski definition) is 1. The molecular weight excluding hydrogens is 295 g/mol. The van der Waals surface area contributed by atoms with E-state index >= 15 is 0 Å². The van der Waals surface area contributed by atoms with Gasteiger partial charge >= 0.3 is 5.97 Å². The van der Waals surface area contributed by atoms with Gasteiger partial charge in [0.15, 0.2) is 0 Å². The lowest BCUT2D eigenvalue weighted by Gasteiger charge is -2.08. The second-order valence-corrected chi connectivity index (χ2v) is 4.70. The Morgan fingerprint density at radius 2 is 2.10 bits per heavy atom. The lowest BCUT2D eigenvalue weighted by Crippen LogP contribution is -2.08. The summed E-state index contributed by atoms with van der Waals surface area (Å²) in [6.45, 7) is -0.169. The third-order valence-corrected chi connectivity index (χ3v) is 2.93. The van der Waals surface area contributed by atoms with Crippen molar-refractivity contribution in [2.45, 2.75) is 6.61 Å². The number of rotatable bonds is 3. The summed E-state index contributed by atoms with van der Waals surface area (Å²) in [6.07, 6.45) is 0. The number of anilines is 1. The first-order chi connectivity index (χ1) is 9.99. The number of halogens is 2. The minimum absolute atomic E-state index is 0.138. The summed E-state index contributed by atoms with van der Waals surface area (Å²) in [5.74, 6) is -1.24. The van der Waals surface area contributed by atoms with E-state index in [9.17, 15) is 9.18 Å². The van der Waals surface area contributed by atoms with E-state index in [1.54, 1.807) is 6.07 Å². The first-order valence-electron chi connectivity index (χ1n) is 5.91. The zero-order valence-corrected chi connectivity index (χ0v) is 11.5. The maximum atomic E-state index is 13.3. The average Bonchev–Trinajstić information content (AvgIpc) is 2.46. The van der Waals surface area contributed by atoms with Crippen LogP contribution in [0.2, 0.25) is 5.02 Å². The molecular formula is C15H10ClFN2O2. The molecule has 0 radical (unpaired) electrons. The highest BCUT2D eigenvalue weighted by Gasteiger charge is 2.12. The van der Waals surface area contributed by atoms with Crippen LogP contribution in [0.3, 0.4) is 0 Å². The van der Waals surface area contributed by atoms with Gasteiger partial charge in [-0.2, -0.15) is 5.26 Å². The van der Waals surface area contributed by atoms with Crippen LogP contribution in [0, 0.1) is 17.1 Å². The fourth-order valence-corrected chi connectivity index (χ4v) is 1.90. The van der Waals surface area contributed by atoms with Crippen molar-refractivity contribution >= 4 is 23.3 Å². The van der Waals surface area contributed by atoms with Crippen molar-refractivity contribution in [3.63, 3.8) is 0 Å². The smallest absolute Gasteiger partial charge is 0.340 e. The SMILES string of the molecule is N#Cc1cc(F)cc(COC(=O)c2cc(Cl)ccc2N)c1. The zero-order valence-electron chi connectivity index (χ0n) is 10.8. The minimum Gasteiger partial charge on any atom is -0.457 e. The van der Waals surface area contributed by atoms with E-state index in [2.05, 4.69) is 0 Å². The number of nitrogens with two attached hydrogens (primary N) is 1. The van der Waals surface area contributed by atoms with Crippen molar-refractivity contribution in [2.75, 3.05) is 5.73 Å². The highest BCUT2D eigenvalue weighted by molar-refractivity contribution is 6.31. The predicted octanol–water partition coefficient (Wildman–Crippen LogP) is 3.29. The number of carbonyl (C=O) groups excluding carboxylic acids is 1. The molecule has 0 aliphatic rings. The molecule has 21 heavy (non-hydrogen) atoms. The molecule has 0 amide bonds. The summed E-state index contributed by atoms with van der Waals surface area (Å²) in [5.41, 5.74) is 6.57. The van der Waals surface area contributed by atoms with Crippen molar-refractivity contribution < 1.29 is 13.9 Å². The van der Waals surface area contributed by atoms with Gasteiger partial charge in [0.25, 0.3) is 0 Å². The van der Waals surface area contributed by atoms with Crippen LogP contribution < -0.4 is 5.73 Å². The first-order valence-corrected chi connectivity index (χ1v) is 6.29. The van der Waals surface area contributed by atoms with Gasteiger partial charge in [-0.15, -0.1) is 0 Å². The van der Waals surface area contributed by atoms with E-state index in [0.717, 1.165) is 6.07 Å². The molecule has 2 rings (SSSR count). The predicted molar refractivity (Wildman–Crippen MR) is 76.1 cm³/mol. The minimum atomic E-state index is -0.669. The van der Waals surface area contributed by atoms with Crippen molar-refractivity contribution in [1.82, 2.24) is 0 Å². The summed E-state index contributed by atoms with van der Waals surface area (Å²) in [7, 11) is 0.